The molecule has 2 aliphatic heterocycles. The molecule has 3 amide bonds. The van der Waals surface area contributed by atoms with Crippen molar-refractivity contribution in [2.24, 2.45) is 0 Å². The topological polar surface area (TPSA) is 69.7 Å². The highest BCUT2D eigenvalue weighted by molar-refractivity contribution is 6.30. The van der Waals surface area contributed by atoms with Crippen LogP contribution in [0.15, 0.2) is 78.9 Å². The van der Waals surface area contributed by atoms with Gasteiger partial charge in [0.05, 0.1) is 0 Å². The molecule has 39 heavy (non-hydrogen) atoms. The molecule has 2 saturated heterocycles. The van der Waals surface area contributed by atoms with Gasteiger partial charge in [0.1, 0.15) is 6.04 Å². The average molecular weight is 542 g/mol. The molecule has 6 nitrogen and oxygen atoms in total. The number of hydrogen-bond acceptors (Lipinski definition) is 4. The van der Waals surface area contributed by atoms with Crippen molar-refractivity contribution in [2.75, 3.05) is 26.2 Å². The zero-order valence-electron chi connectivity index (χ0n) is 21.8. The van der Waals surface area contributed by atoms with E-state index in [4.69, 9.17) is 11.6 Å². The molecule has 2 heterocycles. The summed E-state index contributed by atoms with van der Waals surface area (Å²) in [5.74, 6) is 0.00253. The molecule has 1 unspecified atom stereocenters. The quantitative estimate of drug-likeness (QED) is 0.388. The minimum atomic E-state index is -0.658. The lowest BCUT2D eigenvalue weighted by Crippen LogP contribution is -2.43. The number of imide groups is 1. The number of ketones is 1. The molecule has 0 aromatic heterocycles. The summed E-state index contributed by atoms with van der Waals surface area (Å²) in [5, 5.41) is 3.50. The van der Waals surface area contributed by atoms with E-state index in [9.17, 15) is 14.4 Å². The number of fused-ring (bicyclic) bond motifs is 2. The van der Waals surface area contributed by atoms with E-state index >= 15 is 0 Å². The highest BCUT2D eigenvalue weighted by atomic mass is 35.5. The highest BCUT2D eigenvalue weighted by Gasteiger charge is 2.45. The number of piperidine rings is 1. The molecule has 6 rings (SSSR count). The summed E-state index contributed by atoms with van der Waals surface area (Å²) in [7, 11) is 0. The van der Waals surface area contributed by atoms with E-state index < -0.39 is 6.04 Å². The predicted molar refractivity (Wildman–Crippen MR) is 151 cm³/mol. The first-order valence-corrected chi connectivity index (χ1v) is 14.1. The Morgan fingerprint density at radius 1 is 0.923 bits per heavy atom. The maximum atomic E-state index is 13.3. The molecule has 1 aliphatic carbocycles. The number of Topliss-reactive ketones (excluding diaryl/α,β-unsaturated/α-hetero) is 1. The number of nitrogens with zero attached hydrogens (tertiary/aromatic N) is 2. The van der Waals surface area contributed by atoms with Crippen LogP contribution in [0.2, 0.25) is 5.02 Å². The van der Waals surface area contributed by atoms with Crippen LogP contribution < -0.4 is 5.32 Å². The van der Waals surface area contributed by atoms with Gasteiger partial charge in [-0.05, 0) is 67.7 Å². The third kappa shape index (κ3) is 4.99. The number of nitrogens with one attached hydrogen (secondary N) is 1. The minimum Gasteiger partial charge on any atom is -0.322 e. The smallest absolute Gasteiger partial charge is 0.322 e. The van der Waals surface area contributed by atoms with Gasteiger partial charge in [0, 0.05) is 34.9 Å². The van der Waals surface area contributed by atoms with Crippen LogP contribution in [-0.2, 0) is 10.2 Å². The van der Waals surface area contributed by atoms with Crippen molar-refractivity contribution in [1.29, 1.82) is 0 Å². The number of rotatable bonds is 7. The van der Waals surface area contributed by atoms with Crippen LogP contribution in [0.5, 0.6) is 0 Å². The second kappa shape index (κ2) is 10.6. The third-order valence-electron chi connectivity index (χ3n) is 8.79. The van der Waals surface area contributed by atoms with E-state index in [1.807, 2.05) is 72.8 Å². The monoisotopic (exact) mass is 541 g/mol. The van der Waals surface area contributed by atoms with Crippen molar-refractivity contribution in [1.82, 2.24) is 15.1 Å². The fourth-order valence-electron chi connectivity index (χ4n) is 6.58. The van der Waals surface area contributed by atoms with Crippen LogP contribution >= 0.6 is 11.6 Å². The van der Waals surface area contributed by atoms with Crippen molar-refractivity contribution in [3.63, 3.8) is 0 Å². The molecule has 1 spiro atoms. The lowest BCUT2D eigenvalue weighted by Gasteiger charge is -2.40. The molecule has 3 aliphatic rings. The van der Waals surface area contributed by atoms with Gasteiger partial charge < -0.3 is 10.2 Å². The van der Waals surface area contributed by atoms with E-state index in [-0.39, 0.29) is 29.1 Å². The molecule has 3 aromatic carbocycles. The fraction of sp³-hybridized carbons (Fsp3) is 0.344. The van der Waals surface area contributed by atoms with E-state index in [0.717, 1.165) is 55.6 Å². The Balaban J connectivity index is 1.14. The molecule has 0 saturated carbocycles. The molecule has 7 heteroatoms. The summed E-state index contributed by atoms with van der Waals surface area (Å²) in [5.41, 5.74) is 3.89. The van der Waals surface area contributed by atoms with Crippen molar-refractivity contribution >= 4 is 29.3 Å². The lowest BCUT2D eigenvalue weighted by atomic mass is 9.73. The maximum absolute atomic E-state index is 13.3. The van der Waals surface area contributed by atoms with Gasteiger partial charge in [-0.1, -0.05) is 78.3 Å². The summed E-state index contributed by atoms with van der Waals surface area (Å²) < 4.78 is 0. The molecule has 2 fully saturated rings. The van der Waals surface area contributed by atoms with Gasteiger partial charge in [-0.25, -0.2) is 4.79 Å². The normalized spacial score (nSPS) is 21.3. The SMILES string of the molecule is O=C1CC2(CCN(CCC(CN3C(=O)N[C@H](c4ccccc4)C3=O)c3cccc(Cl)c3)CC2)c2ccccc21. The maximum Gasteiger partial charge on any atom is 0.325 e. The number of carbonyl (C=O) groups is 3. The van der Waals surface area contributed by atoms with Gasteiger partial charge in [0.25, 0.3) is 5.91 Å². The van der Waals surface area contributed by atoms with Crippen molar-refractivity contribution in [2.45, 2.75) is 43.1 Å². The van der Waals surface area contributed by atoms with Crippen LogP contribution in [0.1, 0.15) is 64.7 Å². The highest BCUT2D eigenvalue weighted by Crippen LogP contribution is 2.46. The molecule has 0 radical (unpaired) electrons. The van der Waals surface area contributed by atoms with Gasteiger partial charge in [0.2, 0.25) is 0 Å². The van der Waals surface area contributed by atoms with E-state index in [1.165, 1.54) is 10.5 Å². The Kier molecular flexibility index (Phi) is 7.00. The molecule has 3 aromatic rings. The van der Waals surface area contributed by atoms with Crippen LogP contribution in [0, 0.1) is 0 Å². The zero-order chi connectivity index (χ0) is 27.0. The van der Waals surface area contributed by atoms with Gasteiger partial charge in [-0.15, -0.1) is 0 Å². The summed E-state index contributed by atoms with van der Waals surface area (Å²) in [6.45, 7) is 2.98. The lowest BCUT2D eigenvalue weighted by molar-refractivity contribution is -0.127. The van der Waals surface area contributed by atoms with E-state index in [0.29, 0.717) is 18.0 Å². The average Bonchev–Trinajstić information content (AvgIpc) is 3.40. The predicted octanol–water partition coefficient (Wildman–Crippen LogP) is 5.73. The number of benzene rings is 3. The number of amides is 3. The number of carbonyl (C=O) groups excluding carboxylic acids is 3. The Bertz CT molecular complexity index is 1400. The first-order chi connectivity index (χ1) is 18.9. The Morgan fingerprint density at radius 2 is 1.67 bits per heavy atom. The van der Waals surface area contributed by atoms with Crippen molar-refractivity contribution < 1.29 is 14.4 Å². The summed E-state index contributed by atoms with van der Waals surface area (Å²) in [6.07, 6.45) is 3.32. The summed E-state index contributed by atoms with van der Waals surface area (Å²) in [4.78, 5) is 42.7. The zero-order valence-corrected chi connectivity index (χ0v) is 22.6. The standard InChI is InChI=1S/C32H32ClN3O3/c33-25-10-6-9-23(19-25)24(21-36-30(38)29(34-31(36)39)22-7-2-1-3-8-22)13-16-35-17-14-32(15-18-35)20-28(37)26-11-4-5-12-27(26)32/h1-12,19,24,29H,13-18,20-21H2,(H,34,39)/t24?,29-/m1/s1. The van der Waals surface area contributed by atoms with Gasteiger partial charge >= 0.3 is 6.03 Å². The van der Waals surface area contributed by atoms with Crippen LogP contribution in [0.3, 0.4) is 0 Å². The Hall–Kier alpha value is -3.48. The van der Waals surface area contributed by atoms with Crippen LogP contribution in [-0.4, -0.2) is 53.7 Å². The van der Waals surface area contributed by atoms with Crippen LogP contribution in [0.4, 0.5) is 4.79 Å². The van der Waals surface area contributed by atoms with E-state index in [1.54, 1.807) is 0 Å². The largest absolute Gasteiger partial charge is 0.325 e. The molecular formula is C32H32ClN3O3. The van der Waals surface area contributed by atoms with Gasteiger partial charge in [-0.3, -0.25) is 14.5 Å². The first kappa shape index (κ1) is 25.8. The fourth-order valence-corrected chi connectivity index (χ4v) is 6.78. The van der Waals surface area contributed by atoms with Crippen LogP contribution in [0.25, 0.3) is 0 Å². The number of hydrogen-bond donors (Lipinski definition) is 1. The number of urea groups is 1. The summed E-state index contributed by atoms with van der Waals surface area (Å²) >= 11 is 6.34. The van der Waals surface area contributed by atoms with Gasteiger partial charge in [-0.2, -0.15) is 0 Å². The van der Waals surface area contributed by atoms with Gasteiger partial charge in [0.15, 0.2) is 5.78 Å². The van der Waals surface area contributed by atoms with E-state index in [2.05, 4.69) is 16.3 Å². The number of halogens is 1. The summed E-state index contributed by atoms with van der Waals surface area (Å²) in [6, 6.07) is 24.1. The second-order valence-corrected chi connectivity index (χ2v) is 11.5. The van der Waals surface area contributed by atoms with Crippen molar-refractivity contribution in [3.05, 3.63) is 106 Å². The molecule has 200 valence electrons. The molecular weight excluding hydrogens is 510 g/mol. The second-order valence-electron chi connectivity index (χ2n) is 11.1. The molecule has 0 bridgehead atoms. The first-order valence-electron chi connectivity index (χ1n) is 13.7. The molecule has 1 N–H and O–H groups in total. The Morgan fingerprint density at radius 3 is 2.44 bits per heavy atom. The Labute approximate surface area is 233 Å². The van der Waals surface area contributed by atoms with Crippen molar-refractivity contribution in [3.8, 4) is 0 Å². The third-order valence-corrected chi connectivity index (χ3v) is 9.02. The molecule has 2 atom stereocenters. The number of likely N-dealkylation sites (tertiary alicyclic amines) is 1. The minimum absolute atomic E-state index is 0.0386.